The van der Waals surface area contributed by atoms with E-state index in [1.54, 1.807) is 0 Å². The maximum absolute atomic E-state index is 13.6. The van der Waals surface area contributed by atoms with Crippen LogP contribution in [-0.2, 0) is 37.1 Å². The van der Waals surface area contributed by atoms with E-state index in [4.69, 9.17) is 14.2 Å². The summed E-state index contributed by atoms with van der Waals surface area (Å²) < 4.78 is 28.1. The van der Waals surface area contributed by atoms with Crippen molar-refractivity contribution in [2.75, 3.05) is 0 Å². The molecular formula is C14H15FO6. The molecule has 0 spiro atoms. The number of benzene rings is 1. The molecule has 0 aromatic heterocycles. The molecule has 1 rings (SSSR count). The maximum atomic E-state index is 13.6. The summed E-state index contributed by atoms with van der Waals surface area (Å²) >= 11 is 0. The number of hydrogen-bond acceptors (Lipinski definition) is 6. The number of halogens is 1. The molecule has 0 unspecified atom stereocenters. The van der Waals surface area contributed by atoms with E-state index in [1.165, 1.54) is 20.8 Å². The first-order valence-corrected chi connectivity index (χ1v) is 6.06. The van der Waals surface area contributed by atoms with Gasteiger partial charge in [-0.05, 0) is 12.1 Å². The Morgan fingerprint density at radius 3 is 1.67 bits per heavy atom. The van der Waals surface area contributed by atoms with Gasteiger partial charge in [-0.3, -0.25) is 14.4 Å². The van der Waals surface area contributed by atoms with Gasteiger partial charge in [-0.2, -0.15) is 0 Å². The molecule has 7 heteroatoms. The smallest absolute Gasteiger partial charge is 0.308 e. The first kappa shape index (κ1) is 16.6. The predicted molar refractivity (Wildman–Crippen MR) is 68.6 cm³/mol. The molecule has 0 heterocycles. The number of carbonyl (C=O) groups is 3. The van der Waals surface area contributed by atoms with Crippen molar-refractivity contribution < 1.29 is 33.0 Å². The van der Waals surface area contributed by atoms with Crippen LogP contribution in [0.4, 0.5) is 4.39 Å². The van der Waals surface area contributed by atoms with Gasteiger partial charge in [0.1, 0.15) is 24.8 Å². The Hall–Kier alpha value is -2.44. The van der Waals surface area contributed by atoms with Crippen molar-refractivity contribution in [1.82, 2.24) is 0 Å². The zero-order chi connectivity index (χ0) is 16.0. The summed E-state index contributed by atoms with van der Waals surface area (Å²) in [5.74, 6) is -2.36. The number of carbonyl (C=O) groups excluding carboxylic acids is 3. The lowest BCUT2D eigenvalue weighted by molar-refractivity contribution is -0.142. The second-order valence-electron chi connectivity index (χ2n) is 4.21. The van der Waals surface area contributed by atoms with E-state index in [1.807, 2.05) is 0 Å². The lowest BCUT2D eigenvalue weighted by atomic mass is 10.1. The zero-order valence-corrected chi connectivity index (χ0v) is 11.9. The molecule has 114 valence electrons. The molecule has 0 fully saturated rings. The fraction of sp³-hybridized carbons (Fsp3) is 0.357. The first-order valence-electron chi connectivity index (χ1n) is 6.06. The zero-order valence-electron chi connectivity index (χ0n) is 11.9. The molecule has 0 saturated carbocycles. The van der Waals surface area contributed by atoms with E-state index in [0.717, 1.165) is 12.1 Å². The lowest BCUT2D eigenvalue weighted by Crippen LogP contribution is -2.11. The van der Waals surface area contributed by atoms with Crippen LogP contribution in [0.5, 0.6) is 5.75 Å². The maximum Gasteiger partial charge on any atom is 0.308 e. The Kier molecular flexibility index (Phi) is 5.83. The van der Waals surface area contributed by atoms with Crippen molar-refractivity contribution in [3.63, 3.8) is 0 Å². The molecule has 0 atom stereocenters. The number of ether oxygens (including phenoxy) is 3. The third-order valence-corrected chi connectivity index (χ3v) is 2.32. The Balaban J connectivity index is 3.15. The van der Waals surface area contributed by atoms with Crippen LogP contribution in [0.25, 0.3) is 0 Å². The number of hydrogen-bond donors (Lipinski definition) is 0. The SMILES string of the molecule is CC(=O)OCc1cc(F)cc(COC(C)=O)c1OC(C)=O. The molecule has 0 aliphatic rings. The summed E-state index contributed by atoms with van der Waals surface area (Å²) in [6.45, 7) is 3.05. The van der Waals surface area contributed by atoms with Gasteiger partial charge in [0.25, 0.3) is 0 Å². The molecule has 0 saturated heterocycles. The van der Waals surface area contributed by atoms with Gasteiger partial charge in [-0.1, -0.05) is 0 Å². The van der Waals surface area contributed by atoms with Gasteiger partial charge in [-0.15, -0.1) is 0 Å². The summed E-state index contributed by atoms with van der Waals surface area (Å²) in [6, 6.07) is 2.16. The minimum Gasteiger partial charge on any atom is -0.461 e. The van der Waals surface area contributed by atoms with Gasteiger partial charge in [0.05, 0.1) is 0 Å². The number of esters is 3. The standard InChI is InChI=1S/C14H15FO6/c1-8(16)19-6-11-4-13(15)5-12(7-20-9(2)17)14(11)21-10(3)18/h4-5H,6-7H2,1-3H3. The molecule has 1 aromatic carbocycles. The summed E-state index contributed by atoms with van der Waals surface area (Å²) in [5.41, 5.74) is 0.338. The van der Waals surface area contributed by atoms with Crippen LogP contribution in [0.15, 0.2) is 12.1 Å². The average Bonchev–Trinajstić information content (AvgIpc) is 2.35. The predicted octanol–water partition coefficient (Wildman–Crippen LogP) is 1.88. The van der Waals surface area contributed by atoms with Crippen LogP contribution in [0.2, 0.25) is 0 Å². The van der Waals surface area contributed by atoms with Crippen molar-refractivity contribution in [2.45, 2.75) is 34.0 Å². The average molecular weight is 298 g/mol. The molecule has 0 aliphatic carbocycles. The molecule has 21 heavy (non-hydrogen) atoms. The molecule has 1 aromatic rings. The van der Waals surface area contributed by atoms with E-state index in [2.05, 4.69) is 0 Å². The molecule has 0 amide bonds. The summed E-state index contributed by atoms with van der Waals surface area (Å²) in [6.07, 6.45) is 0. The summed E-state index contributed by atoms with van der Waals surface area (Å²) in [4.78, 5) is 32.8. The van der Waals surface area contributed by atoms with Crippen LogP contribution < -0.4 is 4.74 Å². The summed E-state index contributed by atoms with van der Waals surface area (Å²) in [5, 5.41) is 0. The Labute approximate surface area is 120 Å². The first-order chi connectivity index (χ1) is 9.79. The third kappa shape index (κ3) is 5.60. The highest BCUT2D eigenvalue weighted by atomic mass is 19.1. The highest BCUT2D eigenvalue weighted by molar-refractivity contribution is 5.71. The fourth-order valence-corrected chi connectivity index (χ4v) is 1.56. The van der Waals surface area contributed by atoms with Crippen molar-refractivity contribution in [1.29, 1.82) is 0 Å². The Morgan fingerprint density at radius 2 is 1.33 bits per heavy atom. The van der Waals surface area contributed by atoms with Gasteiger partial charge in [-0.25, -0.2) is 4.39 Å². The van der Waals surface area contributed by atoms with E-state index in [9.17, 15) is 18.8 Å². The van der Waals surface area contributed by atoms with Crippen molar-refractivity contribution in [3.05, 3.63) is 29.1 Å². The molecule has 0 bridgehead atoms. The highest BCUT2D eigenvalue weighted by Crippen LogP contribution is 2.27. The lowest BCUT2D eigenvalue weighted by Gasteiger charge is -2.14. The van der Waals surface area contributed by atoms with Crippen LogP contribution in [0.1, 0.15) is 31.9 Å². The van der Waals surface area contributed by atoms with Gasteiger partial charge in [0, 0.05) is 31.9 Å². The van der Waals surface area contributed by atoms with Crippen LogP contribution in [0, 0.1) is 5.82 Å². The second kappa shape index (κ2) is 7.37. The van der Waals surface area contributed by atoms with Crippen LogP contribution in [-0.4, -0.2) is 17.9 Å². The monoisotopic (exact) mass is 298 g/mol. The highest BCUT2D eigenvalue weighted by Gasteiger charge is 2.16. The van der Waals surface area contributed by atoms with Gasteiger partial charge < -0.3 is 14.2 Å². The van der Waals surface area contributed by atoms with Gasteiger partial charge in [0.15, 0.2) is 0 Å². The molecule has 0 radical (unpaired) electrons. The largest absolute Gasteiger partial charge is 0.461 e. The third-order valence-electron chi connectivity index (χ3n) is 2.32. The minimum absolute atomic E-state index is 0.0198. The van der Waals surface area contributed by atoms with E-state index < -0.39 is 23.7 Å². The van der Waals surface area contributed by atoms with Crippen molar-refractivity contribution >= 4 is 17.9 Å². The van der Waals surface area contributed by atoms with Gasteiger partial charge in [0.2, 0.25) is 0 Å². The minimum atomic E-state index is -0.630. The second-order valence-corrected chi connectivity index (χ2v) is 4.21. The molecule has 0 aliphatic heterocycles. The van der Waals surface area contributed by atoms with E-state index in [0.29, 0.717) is 0 Å². The van der Waals surface area contributed by atoms with E-state index in [-0.39, 0.29) is 30.1 Å². The quantitative estimate of drug-likeness (QED) is 0.610. The van der Waals surface area contributed by atoms with Crippen LogP contribution in [0.3, 0.4) is 0 Å². The Bertz CT molecular complexity index is 528. The molecule has 6 nitrogen and oxygen atoms in total. The topological polar surface area (TPSA) is 78.9 Å². The van der Waals surface area contributed by atoms with Crippen molar-refractivity contribution in [2.24, 2.45) is 0 Å². The Morgan fingerprint density at radius 1 is 0.905 bits per heavy atom. The van der Waals surface area contributed by atoms with E-state index >= 15 is 0 Å². The van der Waals surface area contributed by atoms with Crippen molar-refractivity contribution in [3.8, 4) is 5.75 Å². The molecule has 0 N–H and O–H groups in total. The normalized spacial score (nSPS) is 9.90. The summed E-state index contributed by atoms with van der Waals surface area (Å²) in [7, 11) is 0. The molecular weight excluding hydrogens is 283 g/mol. The van der Waals surface area contributed by atoms with Gasteiger partial charge >= 0.3 is 17.9 Å². The fourth-order valence-electron chi connectivity index (χ4n) is 1.56. The van der Waals surface area contributed by atoms with Crippen LogP contribution >= 0.6 is 0 Å². The number of rotatable bonds is 5.